The number of hydrogen-bond acceptors (Lipinski definition) is 3. The Morgan fingerprint density at radius 1 is 1.40 bits per heavy atom. The molecule has 0 saturated carbocycles. The summed E-state index contributed by atoms with van der Waals surface area (Å²) in [4.78, 5) is 2.18. The molecule has 0 fully saturated rings. The van der Waals surface area contributed by atoms with E-state index in [0.29, 0.717) is 5.56 Å². The van der Waals surface area contributed by atoms with Crippen molar-refractivity contribution in [2.45, 2.75) is 33.2 Å². The lowest BCUT2D eigenvalue weighted by Gasteiger charge is -2.26. The van der Waals surface area contributed by atoms with E-state index in [1.807, 2.05) is 20.0 Å². The van der Waals surface area contributed by atoms with Gasteiger partial charge >= 0.3 is 0 Å². The monoisotopic (exact) mass is 282 g/mol. The van der Waals surface area contributed by atoms with Gasteiger partial charge in [0.15, 0.2) is 0 Å². The molecule has 0 saturated heterocycles. The van der Waals surface area contributed by atoms with Crippen LogP contribution in [0.25, 0.3) is 0 Å². The number of aryl methyl sites for hydroxylation is 1. The maximum atomic E-state index is 13.9. The molecule has 1 unspecified atom stereocenters. The zero-order valence-corrected chi connectivity index (χ0v) is 13.3. The van der Waals surface area contributed by atoms with Crippen LogP contribution in [0.2, 0.25) is 0 Å². The third kappa shape index (κ3) is 4.46. The lowest BCUT2D eigenvalue weighted by atomic mass is 10.0. The van der Waals surface area contributed by atoms with Crippen molar-refractivity contribution in [2.75, 3.05) is 38.8 Å². The van der Waals surface area contributed by atoms with E-state index in [1.54, 1.807) is 13.2 Å². The minimum Gasteiger partial charge on any atom is -0.385 e. The van der Waals surface area contributed by atoms with Crippen LogP contribution in [0.5, 0.6) is 0 Å². The second-order valence-corrected chi connectivity index (χ2v) is 5.21. The van der Waals surface area contributed by atoms with Gasteiger partial charge in [0, 0.05) is 39.0 Å². The predicted octanol–water partition coefficient (Wildman–Crippen LogP) is 3.28. The van der Waals surface area contributed by atoms with Crippen LogP contribution >= 0.6 is 0 Å². The molecule has 114 valence electrons. The Morgan fingerprint density at radius 2 is 2.10 bits per heavy atom. The maximum Gasteiger partial charge on any atom is 0.126 e. The number of methoxy groups -OCH3 is 1. The summed E-state index contributed by atoms with van der Waals surface area (Å²) < 4.78 is 19.0. The maximum absolute atomic E-state index is 13.9. The van der Waals surface area contributed by atoms with Crippen LogP contribution in [0.4, 0.5) is 10.1 Å². The lowest BCUT2D eigenvalue weighted by molar-refractivity contribution is 0.196. The zero-order chi connectivity index (χ0) is 15.1. The van der Waals surface area contributed by atoms with E-state index in [2.05, 4.69) is 24.1 Å². The van der Waals surface area contributed by atoms with Gasteiger partial charge in [-0.25, -0.2) is 4.39 Å². The second kappa shape index (κ2) is 8.22. The van der Waals surface area contributed by atoms with Crippen molar-refractivity contribution >= 4 is 5.69 Å². The molecule has 1 aromatic rings. The van der Waals surface area contributed by atoms with E-state index in [-0.39, 0.29) is 11.9 Å². The molecule has 0 aromatic heterocycles. The fourth-order valence-electron chi connectivity index (χ4n) is 2.34. The van der Waals surface area contributed by atoms with Gasteiger partial charge in [0.2, 0.25) is 0 Å². The second-order valence-electron chi connectivity index (χ2n) is 5.21. The molecule has 1 rings (SSSR count). The van der Waals surface area contributed by atoms with Crippen LogP contribution in [0.15, 0.2) is 12.1 Å². The third-order valence-electron chi connectivity index (χ3n) is 3.54. The van der Waals surface area contributed by atoms with Gasteiger partial charge in [-0.2, -0.15) is 0 Å². The van der Waals surface area contributed by atoms with Crippen LogP contribution in [0.1, 0.15) is 37.4 Å². The molecule has 4 heteroatoms. The molecule has 1 N–H and O–H groups in total. The van der Waals surface area contributed by atoms with Crippen molar-refractivity contribution in [1.82, 2.24) is 5.32 Å². The minimum atomic E-state index is -0.140. The number of benzene rings is 1. The summed E-state index contributed by atoms with van der Waals surface area (Å²) in [5, 5.41) is 3.35. The van der Waals surface area contributed by atoms with E-state index in [0.717, 1.165) is 37.4 Å². The Balaban J connectivity index is 2.99. The first-order valence-corrected chi connectivity index (χ1v) is 7.24. The van der Waals surface area contributed by atoms with Gasteiger partial charge in [0.05, 0.1) is 0 Å². The average Bonchev–Trinajstić information content (AvgIpc) is 2.41. The Hall–Kier alpha value is -1.13. The highest BCUT2D eigenvalue weighted by molar-refractivity contribution is 5.56. The molecular formula is C16H27FN2O. The number of anilines is 1. The largest absolute Gasteiger partial charge is 0.385 e. The van der Waals surface area contributed by atoms with Crippen LogP contribution in [0.3, 0.4) is 0 Å². The average molecular weight is 282 g/mol. The zero-order valence-electron chi connectivity index (χ0n) is 13.3. The Kier molecular flexibility index (Phi) is 6.96. The Morgan fingerprint density at radius 3 is 2.70 bits per heavy atom. The standard InChI is InChI=1S/C16H27FN2O/c1-6-18-13(3)14-11-15(17)12(2)10-16(14)19(4)8-7-9-20-5/h10-11,13,18H,6-9H2,1-5H3. The summed E-state index contributed by atoms with van der Waals surface area (Å²) in [5.41, 5.74) is 2.79. The van der Waals surface area contributed by atoms with Gasteiger partial charge in [-0.3, -0.25) is 0 Å². The summed E-state index contributed by atoms with van der Waals surface area (Å²) in [6, 6.07) is 3.73. The molecule has 0 amide bonds. The van der Waals surface area contributed by atoms with E-state index >= 15 is 0 Å². The SMILES string of the molecule is CCNC(C)c1cc(F)c(C)cc1N(C)CCCOC. The number of ether oxygens (including phenoxy) is 1. The fourth-order valence-corrected chi connectivity index (χ4v) is 2.34. The molecule has 0 heterocycles. The van der Waals surface area contributed by atoms with Gasteiger partial charge in [-0.15, -0.1) is 0 Å². The van der Waals surface area contributed by atoms with E-state index in [4.69, 9.17) is 4.74 Å². The first kappa shape index (κ1) is 16.9. The molecular weight excluding hydrogens is 255 g/mol. The van der Waals surface area contributed by atoms with Crippen LogP contribution in [-0.4, -0.2) is 33.9 Å². The van der Waals surface area contributed by atoms with Gasteiger partial charge < -0.3 is 15.0 Å². The molecule has 0 aliphatic rings. The van der Waals surface area contributed by atoms with Crippen molar-refractivity contribution in [2.24, 2.45) is 0 Å². The van der Waals surface area contributed by atoms with Crippen LogP contribution in [-0.2, 0) is 4.74 Å². The van der Waals surface area contributed by atoms with Crippen molar-refractivity contribution in [3.63, 3.8) is 0 Å². The summed E-state index contributed by atoms with van der Waals surface area (Å²) in [7, 11) is 3.76. The summed E-state index contributed by atoms with van der Waals surface area (Å²) in [6.07, 6.45) is 0.957. The predicted molar refractivity (Wildman–Crippen MR) is 83.0 cm³/mol. The first-order chi connectivity index (χ1) is 9.51. The first-order valence-electron chi connectivity index (χ1n) is 7.24. The topological polar surface area (TPSA) is 24.5 Å². The number of nitrogens with one attached hydrogen (secondary N) is 1. The molecule has 0 aliphatic heterocycles. The number of nitrogens with zero attached hydrogens (tertiary/aromatic N) is 1. The smallest absolute Gasteiger partial charge is 0.126 e. The highest BCUT2D eigenvalue weighted by Gasteiger charge is 2.15. The summed E-state index contributed by atoms with van der Waals surface area (Å²) in [5.74, 6) is -0.140. The number of halogens is 1. The van der Waals surface area contributed by atoms with Gasteiger partial charge in [0.25, 0.3) is 0 Å². The van der Waals surface area contributed by atoms with E-state index in [1.165, 1.54) is 0 Å². The van der Waals surface area contributed by atoms with Gasteiger partial charge in [-0.05, 0) is 50.1 Å². The van der Waals surface area contributed by atoms with Crippen molar-refractivity contribution < 1.29 is 9.13 Å². The summed E-state index contributed by atoms with van der Waals surface area (Å²) in [6.45, 7) is 8.43. The van der Waals surface area contributed by atoms with Crippen molar-refractivity contribution in [3.8, 4) is 0 Å². The van der Waals surface area contributed by atoms with Crippen molar-refractivity contribution in [1.29, 1.82) is 0 Å². The molecule has 0 aliphatic carbocycles. The molecule has 1 aromatic carbocycles. The number of hydrogen-bond donors (Lipinski definition) is 1. The van der Waals surface area contributed by atoms with Crippen LogP contribution in [0, 0.1) is 12.7 Å². The quantitative estimate of drug-likeness (QED) is 0.741. The molecule has 0 spiro atoms. The van der Waals surface area contributed by atoms with Crippen LogP contribution < -0.4 is 10.2 Å². The highest BCUT2D eigenvalue weighted by Crippen LogP contribution is 2.28. The Bertz CT molecular complexity index is 423. The Labute approximate surface area is 122 Å². The number of rotatable bonds is 8. The van der Waals surface area contributed by atoms with E-state index in [9.17, 15) is 4.39 Å². The van der Waals surface area contributed by atoms with Gasteiger partial charge in [0.1, 0.15) is 5.82 Å². The highest BCUT2D eigenvalue weighted by atomic mass is 19.1. The molecule has 0 radical (unpaired) electrons. The summed E-state index contributed by atoms with van der Waals surface area (Å²) >= 11 is 0. The minimum absolute atomic E-state index is 0.134. The third-order valence-corrected chi connectivity index (χ3v) is 3.54. The molecule has 0 bridgehead atoms. The lowest BCUT2D eigenvalue weighted by Crippen LogP contribution is -2.25. The molecule has 20 heavy (non-hydrogen) atoms. The van der Waals surface area contributed by atoms with Gasteiger partial charge in [-0.1, -0.05) is 6.92 Å². The van der Waals surface area contributed by atoms with E-state index < -0.39 is 0 Å². The fraction of sp³-hybridized carbons (Fsp3) is 0.625. The normalized spacial score (nSPS) is 12.5. The molecule has 3 nitrogen and oxygen atoms in total. The molecule has 1 atom stereocenters. The van der Waals surface area contributed by atoms with Crippen molar-refractivity contribution in [3.05, 3.63) is 29.1 Å².